The molecule has 20 heavy (non-hydrogen) atoms. The summed E-state index contributed by atoms with van der Waals surface area (Å²) in [6, 6.07) is 15.6. The second-order valence-corrected chi connectivity index (χ2v) is 4.87. The van der Waals surface area contributed by atoms with Crippen molar-refractivity contribution in [3.63, 3.8) is 0 Å². The minimum atomic E-state index is -0.974. The van der Waals surface area contributed by atoms with Crippen molar-refractivity contribution >= 4 is 6.29 Å². The van der Waals surface area contributed by atoms with Gasteiger partial charge in [0.15, 0.2) is 0 Å². The number of phenols is 1. The van der Waals surface area contributed by atoms with Gasteiger partial charge in [0.2, 0.25) is 0 Å². The number of aromatic hydroxyl groups is 1. The molecule has 3 heteroatoms. The molecule has 0 spiro atoms. The zero-order chi connectivity index (χ0) is 14.6. The van der Waals surface area contributed by atoms with Crippen LogP contribution in [0.25, 0.3) is 0 Å². The summed E-state index contributed by atoms with van der Waals surface area (Å²) in [6.07, 6.45) is 0.357. The van der Waals surface area contributed by atoms with Gasteiger partial charge >= 0.3 is 0 Å². The topological polar surface area (TPSA) is 57.5 Å². The van der Waals surface area contributed by atoms with Gasteiger partial charge < -0.3 is 15.0 Å². The van der Waals surface area contributed by atoms with Crippen molar-refractivity contribution in [2.45, 2.75) is 24.9 Å². The van der Waals surface area contributed by atoms with Crippen molar-refractivity contribution in [2.75, 3.05) is 0 Å². The lowest BCUT2D eigenvalue weighted by molar-refractivity contribution is -0.117. The molecular formula is C17H18O3. The molecule has 0 saturated heterocycles. The third-order valence-electron chi connectivity index (χ3n) is 3.80. The largest absolute Gasteiger partial charge is 0.508 e. The number of hydrogen-bond acceptors (Lipinski definition) is 3. The molecule has 0 aliphatic carbocycles. The van der Waals surface area contributed by atoms with Crippen molar-refractivity contribution in [1.82, 2.24) is 0 Å². The lowest BCUT2D eigenvalue weighted by Gasteiger charge is -2.33. The van der Waals surface area contributed by atoms with Gasteiger partial charge in [-0.2, -0.15) is 0 Å². The standard InChI is InChI=1S/C17H18O3/c1-2-17(12-18,14-6-4-3-5-7-14)16(20)13-8-10-15(19)11-9-13/h3-12,16,19-20H,2H2,1H3. The van der Waals surface area contributed by atoms with Gasteiger partial charge in [-0.15, -0.1) is 0 Å². The van der Waals surface area contributed by atoms with E-state index >= 15 is 0 Å². The van der Waals surface area contributed by atoms with Crippen LogP contribution in [0.3, 0.4) is 0 Å². The number of hydrogen-bond donors (Lipinski definition) is 2. The quantitative estimate of drug-likeness (QED) is 0.821. The fraction of sp³-hybridized carbons (Fsp3) is 0.235. The molecule has 3 nitrogen and oxygen atoms in total. The monoisotopic (exact) mass is 270 g/mol. The van der Waals surface area contributed by atoms with Crippen LogP contribution in [0.1, 0.15) is 30.6 Å². The molecule has 2 aromatic carbocycles. The Bertz CT molecular complexity index is 563. The fourth-order valence-corrected chi connectivity index (χ4v) is 2.47. The summed E-state index contributed by atoms with van der Waals surface area (Å²) < 4.78 is 0. The average molecular weight is 270 g/mol. The average Bonchev–Trinajstić information content (AvgIpc) is 2.51. The van der Waals surface area contributed by atoms with E-state index in [1.165, 1.54) is 12.1 Å². The molecule has 2 rings (SSSR count). The Morgan fingerprint density at radius 2 is 1.70 bits per heavy atom. The molecule has 2 N–H and O–H groups in total. The van der Waals surface area contributed by atoms with Crippen LogP contribution in [0.2, 0.25) is 0 Å². The van der Waals surface area contributed by atoms with Crippen LogP contribution in [-0.4, -0.2) is 16.5 Å². The first-order chi connectivity index (χ1) is 9.64. The Hall–Kier alpha value is -2.13. The first-order valence-electron chi connectivity index (χ1n) is 6.63. The van der Waals surface area contributed by atoms with Gasteiger partial charge in [-0.3, -0.25) is 0 Å². The van der Waals surface area contributed by atoms with Crippen molar-refractivity contribution in [3.05, 3.63) is 65.7 Å². The van der Waals surface area contributed by atoms with Crippen molar-refractivity contribution in [1.29, 1.82) is 0 Å². The fourth-order valence-electron chi connectivity index (χ4n) is 2.47. The number of aliphatic hydroxyl groups excluding tert-OH is 1. The van der Waals surface area contributed by atoms with Gasteiger partial charge in [-0.05, 0) is 29.7 Å². The van der Waals surface area contributed by atoms with E-state index in [-0.39, 0.29) is 5.75 Å². The van der Waals surface area contributed by atoms with Crippen LogP contribution in [0.5, 0.6) is 5.75 Å². The number of carbonyl (C=O) groups excluding carboxylic acids is 1. The number of phenolic OH excluding ortho intramolecular Hbond substituents is 1. The SMILES string of the molecule is CCC(C=O)(c1ccccc1)C(O)c1ccc(O)cc1. The van der Waals surface area contributed by atoms with Crippen LogP contribution in [0.15, 0.2) is 54.6 Å². The van der Waals surface area contributed by atoms with Crippen molar-refractivity contribution in [2.24, 2.45) is 0 Å². The van der Waals surface area contributed by atoms with Crippen molar-refractivity contribution < 1.29 is 15.0 Å². The molecule has 2 unspecified atom stereocenters. The maximum absolute atomic E-state index is 11.7. The van der Waals surface area contributed by atoms with E-state index in [4.69, 9.17) is 0 Å². The molecule has 0 aromatic heterocycles. The second kappa shape index (κ2) is 5.88. The zero-order valence-electron chi connectivity index (χ0n) is 11.4. The van der Waals surface area contributed by atoms with E-state index in [2.05, 4.69) is 0 Å². The summed E-state index contributed by atoms with van der Waals surface area (Å²) in [6.45, 7) is 1.88. The first-order valence-corrected chi connectivity index (χ1v) is 6.63. The zero-order valence-corrected chi connectivity index (χ0v) is 11.4. The summed E-state index contributed by atoms with van der Waals surface area (Å²) in [7, 11) is 0. The molecule has 0 bridgehead atoms. The summed E-state index contributed by atoms with van der Waals surface area (Å²) in [5.74, 6) is 0.133. The highest BCUT2D eigenvalue weighted by atomic mass is 16.3. The van der Waals surface area contributed by atoms with Crippen LogP contribution < -0.4 is 0 Å². The van der Waals surface area contributed by atoms with E-state index in [1.807, 2.05) is 37.3 Å². The van der Waals surface area contributed by atoms with Crippen LogP contribution in [0, 0.1) is 0 Å². The lowest BCUT2D eigenvalue weighted by Crippen LogP contribution is -2.35. The van der Waals surface area contributed by atoms with Gasteiger partial charge in [-0.1, -0.05) is 49.4 Å². The van der Waals surface area contributed by atoms with Gasteiger partial charge in [0, 0.05) is 0 Å². The first kappa shape index (κ1) is 14.3. The van der Waals surface area contributed by atoms with E-state index in [0.717, 1.165) is 11.8 Å². The Morgan fingerprint density at radius 1 is 1.10 bits per heavy atom. The van der Waals surface area contributed by atoms with Crippen LogP contribution in [-0.2, 0) is 10.2 Å². The number of aliphatic hydroxyl groups is 1. The molecule has 104 valence electrons. The normalized spacial score (nSPS) is 15.3. The lowest BCUT2D eigenvalue weighted by atomic mass is 9.72. The third kappa shape index (κ3) is 2.45. The predicted octanol–water partition coefficient (Wildman–Crippen LogP) is 2.97. The van der Waals surface area contributed by atoms with E-state index in [1.54, 1.807) is 12.1 Å². The van der Waals surface area contributed by atoms with Gasteiger partial charge in [0.05, 0.1) is 11.5 Å². The predicted molar refractivity (Wildman–Crippen MR) is 77.5 cm³/mol. The number of carbonyl (C=O) groups is 1. The summed E-state index contributed by atoms with van der Waals surface area (Å²) in [5, 5.41) is 20.0. The Balaban J connectivity index is 2.47. The number of rotatable bonds is 5. The van der Waals surface area contributed by atoms with E-state index < -0.39 is 11.5 Å². The molecule has 2 aromatic rings. The van der Waals surface area contributed by atoms with Gasteiger partial charge in [0.1, 0.15) is 12.0 Å². The highest BCUT2D eigenvalue weighted by Gasteiger charge is 2.38. The Labute approximate surface area is 118 Å². The maximum atomic E-state index is 11.7. The minimum Gasteiger partial charge on any atom is -0.508 e. The molecule has 0 fully saturated rings. The molecule has 0 saturated carbocycles. The molecule has 2 atom stereocenters. The summed E-state index contributed by atoms with van der Waals surface area (Å²) in [4.78, 5) is 11.7. The second-order valence-electron chi connectivity index (χ2n) is 4.87. The van der Waals surface area contributed by atoms with Gasteiger partial charge in [-0.25, -0.2) is 0 Å². The molecule has 0 aliphatic rings. The van der Waals surface area contributed by atoms with Gasteiger partial charge in [0.25, 0.3) is 0 Å². The van der Waals surface area contributed by atoms with E-state index in [9.17, 15) is 15.0 Å². The smallest absolute Gasteiger partial charge is 0.133 e. The molecular weight excluding hydrogens is 252 g/mol. The molecule has 0 amide bonds. The highest BCUT2D eigenvalue weighted by Crippen LogP contribution is 2.39. The maximum Gasteiger partial charge on any atom is 0.133 e. The highest BCUT2D eigenvalue weighted by molar-refractivity contribution is 5.70. The summed E-state index contributed by atoms with van der Waals surface area (Å²) in [5.41, 5.74) is 0.428. The molecule has 0 radical (unpaired) electrons. The summed E-state index contributed by atoms with van der Waals surface area (Å²) >= 11 is 0. The third-order valence-corrected chi connectivity index (χ3v) is 3.80. The van der Waals surface area contributed by atoms with Crippen molar-refractivity contribution in [3.8, 4) is 5.75 Å². The number of benzene rings is 2. The van der Waals surface area contributed by atoms with E-state index in [0.29, 0.717) is 12.0 Å². The molecule has 0 heterocycles. The van der Waals surface area contributed by atoms with Crippen LogP contribution in [0.4, 0.5) is 0 Å². The molecule has 0 aliphatic heterocycles. The van der Waals surface area contributed by atoms with Crippen LogP contribution >= 0.6 is 0 Å². The number of aldehydes is 1. The minimum absolute atomic E-state index is 0.133. The Kier molecular flexibility index (Phi) is 4.20. The Morgan fingerprint density at radius 3 is 2.20 bits per heavy atom.